The van der Waals surface area contributed by atoms with Crippen molar-refractivity contribution >= 4 is 15.9 Å². The Balaban J connectivity index is 2.65. The summed E-state index contributed by atoms with van der Waals surface area (Å²) in [5.41, 5.74) is 0. The maximum Gasteiger partial charge on any atom is 0.152 e. The molecule has 1 atom stereocenters. The van der Waals surface area contributed by atoms with E-state index in [1.807, 2.05) is 7.05 Å². The largest absolute Gasteiger partial charge is 0.233 e. The van der Waals surface area contributed by atoms with Crippen LogP contribution in [0.25, 0.3) is 0 Å². The molecule has 0 N–H and O–H groups in total. The second-order valence-electron chi connectivity index (χ2n) is 2.20. The predicted molar refractivity (Wildman–Crippen MR) is 40.9 cm³/mol. The van der Waals surface area contributed by atoms with Gasteiger partial charge in [0.25, 0.3) is 0 Å². The summed E-state index contributed by atoms with van der Waals surface area (Å²) >= 11 is 3.42. The molecule has 0 spiro atoms. The molecule has 0 saturated heterocycles. The SMILES string of the molecule is CC(Br)Cc1nnnn1C. The summed E-state index contributed by atoms with van der Waals surface area (Å²) < 4.78 is 1.68. The zero-order valence-corrected chi connectivity index (χ0v) is 7.54. The molecule has 0 fully saturated rings. The van der Waals surface area contributed by atoms with Crippen molar-refractivity contribution < 1.29 is 0 Å². The van der Waals surface area contributed by atoms with E-state index in [9.17, 15) is 0 Å². The molecule has 10 heavy (non-hydrogen) atoms. The van der Waals surface area contributed by atoms with Gasteiger partial charge in [-0.3, -0.25) is 0 Å². The van der Waals surface area contributed by atoms with Gasteiger partial charge < -0.3 is 0 Å². The Hall–Kier alpha value is -0.450. The third-order valence-corrected chi connectivity index (χ3v) is 1.50. The molecule has 1 heterocycles. The van der Waals surface area contributed by atoms with Crippen LogP contribution in [0.5, 0.6) is 0 Å². The summed E-state index contributed by atoms with van der Waals surface area (Å²) in [6.07, 6.45) is 0.865. The van der Waals surface area contributed by atoms with Crippen LogP contribution >= 0.6 is 15.9 Å². The van der Waals surface area contributed by atoms with Gasteiger partial charge in [-0.15, -0.1) is 5.10 Å². The lowest BCUT2D eigenvalue weighted by Crippen LogP contribution is -2.04. The van der Waals surface area contributed by atoms with Crippen LogP contribution in [0.2, 0.25) is 0 Å². The van der Waals surface area contributed by atoms with Crippen molar-refractivity contribution in [3.63, 3.8) is 0 Å². The first-order valence-corrected chi connectivity index (χ1v) is 3.97. The van der Waals surface area contributed by atoms with Crippen LogP contribution in [-0.2, 0) is 13.5 Å². The van der Waals surface area contributed by atoms with Gasteiger partial charge in [0.15, 0.2) is 5.82 Å². The second kappa shape index (κ2) is 3.09. The molecule has 1 aromatic heterocycles. The lowest BCUT2D eigenvalue weighted by atomic mass is 10.3. The fourth-order valence-electron chi connectivity index (χ4n) is 0.672. The number of rotatable bonds is 2. The predicted octanol–water partition coefficient (Wildman–Crippen LogP) is 0.536. The summed E-state index contributed by atoms with van der Waals surface area (Å²) in [7, 11) is 1.84. The van der Waals surface area contributed by atoms with Crippen molar-refractivity contribution in [1.29, 1.82) is 0 Å². The topological polar surface area (TPSA) is 43.6 Å². The Bertz CT molecular complexity index is 207. The van der Waals surface area contributed by atoms with Crippen LogP contribution in [0.1, 0.15) is 12.7 Å². The highest BCUT2D eigenvalue weighted by Gasteiger charge is 2.04. The monoisotopic (exact) mass is 204 g/mol. The Morgan fingerprint density at radius 2 is 2.40 bits per heavy atom. The lowest BCUT2D eigenvalue weighted by Gasteiger charge is -1.98. The number of hydrogen-bond donors (Lipinski definition) is 0. The van der Waals surface area contributed by atoms with Crippen molar-refractivity contribution in [2.75, 3.05) is 0 Å². The van der Waals surface area contributed by atoms with Crippen LogP contribution in [0.15, 0.2) is 0 Å². The number of nitrogens with zero attached hydrogens (tertiary/aromatic N) is 4. The van der Waals surface area contributed by atoms with E-state index in [0.717, 1.165) is 12.2 Å². The highest BCUT2D eigenvalue weighted by Crippen LogP contribution is 2.03. The van der Waals surface area contributed by atoms with Gasteiger partial charge in [-0.1, -0.05) is 22.9 Å². The first kappa shape index (κ1) is 7.65. The van der Waals surface area contributed by atoms with E-state index >= 15 is 0 Å². The molecule has 0 aliphatic carbocycles. The summed E-state index contributed by atoms with van der Waals surface area (Å²) in [4.78, 5) is 0.428. The number of hydrogen-bond acceptors (Lipinski definition) is 3. The lowest BCUT2D eigenvalue weighted by molar-refractivity contribution is 0.673. The third kappa shape index (κ3) is 1.76. The minimum Gasteiger partial charge on any atom is -0.233 e. The molecule has 0 bridgehead atoms. The number of aryl methyl sites for hydroxylation is 1. The molecule has 5 heteroatoms. The number of alkyl halides is 1. The molecule has 1 unspecified atom stereocenters. The minimum atomic E-state index is 0.428. The molecule has 1 rings (SSSR count). The third-order valence-electron chi connectivity index (χ3n) is 1.17. The molecular formula is C5H9BrN4. The molecular weight excluding hydrogens is 196 g/mol. The van der Waals surface area contributed by atoms with E-state index in [4.69, 9.17) is 0 Å². The van der Waals surface area contributed by atoms with Gasteiger partial charge in [0.1, 0.15) is 0 Å². The van der Waals surface area contributed by atoms with Gasteiger partial charge in [-0.2, -0.15) is 0 Å². The Morgan fingerprint density at radius 1 is 1.70 bits per heavy atom. The van der Waals surface area contributed by atoms with Crippen LogP contribution in [0.4, 0.5) is 0 Å². The quantitative estimate of drug-likeness (QED) is 0.661. The first-order chi connectivity index (χ1) is 4.70. The molecule has 1 aromatic rings. The van der Waals surface area contributed by atoms with Crippen molar-refractivity contribution in [3.8, 4) is 0 Å². The van der Waals surface area contributed by atoms with Crippen LogP contribution < -0.4 is 0 Å². The molecule has 0 saturated carbocycles. The Labute approximate surface area is 67.7 Å². The van der Waals surface area contributed by atoms with Crippen molar-refractivity contribution in [2.45, 2.75) is 18.2 Å². The highest BCUT2D eigenvalue weighted by molar-refractivity contribution is 9.09. The van der Waals surface area contributed by atoms with Gasteiger partial charge >= 0.3 is 0 Å². The molecule has 0 radical (unpaired) electrons. The minimum absolute atomic E-state index is 0.428. The number of aromatic nitrogens is 4. The number of tetrazole rings is 1. The zero-order chi connectivity index (χ0) is 7.56. The van der Waals surface area contributed by atoms with E-state index in [1.165, 1.54) is 0 Å². The summed E-state index contributed by atoms with van der Waals surface area (Å²) in [5.74, 6) is 0.907. The summed E-state index contributed by atoms with van der Waals surface area (Å²) in [6, 6.07) is 0. The van der Waals surface area contributed by atoms with Gasteiger partial charge in [0, 0.05) is 18.3 Å². The van der Waals surface area contributed by atoms with Gasteiger partial charge in [0.05, 0.1) is 0 Å². The Kier molecular flexibility index (Phi) is 2.37. The average molecular weight is 205 g/mol. The fourth-order valence-corrected chi connectivity index (χ4v) is 0.962. The molecule has 0 aromatic carbocycles. The van der Waals surface area contributed by atoms with Gasteiger partial charge in [-0.25, -0.2) is 4.68 Å². The van der Waals surface area contributed by atoms with E-state index in [-0.39, 0.29) is 0 Å². The highest BCUT2D eigenvalue weighted by atomic mass is 79.9. The van der Waals surface area contributed by atoms with E-state index < -0.39 is 0 Å². The van der Waals surface area contributed by atoms with Gasteiger partial charge in [-0.05, 0) is 10.4 Å². The van der Waals surface area contributed by atoms with Crippen LogP contribution in [-0.4, -0.2) is 25.0 Å². The van der Waals surface area contributed by atoms with E-state index in [2.05, 4.69) is 38.4 Å². The fraction of sp³-hybridized carbons (Fsp3) is 0.800. The first-order valence-electron chi connectivity index (χ1n) is 3.05. The summed E-state index contributed by atoms with van der Waals surface area (Å²) in [5, 5.41) is 11.0. The maximum absolute atomic E-state index is 3.83. The average Bonchev–Trinajstić information content (AvgIpc) is 2.15. The van der Waals surface area contributed by atoms with Crippen molar-refractivity contribution in [3.05, 3.63) is 5.82 Å². The van der Waals surface area contributed by atoms with E-state index in [0.29, 0.717) is 4.83 Å². The maximum atomic E-state index is 3.83. The molecule has 56 valence electrons. The smallest absolute Gasteiger partial charge is 0.152 e. The van der Waals surface area contributed by atoms with E-state index in [1.54, 1.807) is 4.68 Å². The molecule has 4 nitrogen and oxygen atoms in total. The zero-order valence-electron chi connectivity index (χ0n) is 5.95. The van der Waals surface area contributed by atoms with Crippen molar-refractivity contribution in [1.82, 2.24) is 20.2 Å². The van der Waals surface area contributed by atoms with Gasteiger partial charge in [0.2, 0.25) is 0 Å². The van der Waals surface area contributed by atoms with Crippen LogP contribution in [0.3, 0.4) is 0 Å². The van der Waals surface area contributed by atoms with Crippen LogP contribution in [0, 0.1) is 0 Å². The molecule has 0 aliphatic heterocycles. The Morgan fingerprint density at radius 3 is 2.80 bits per heavy atom. The molecule has 0 aliphatic rings. The normalized spacial score (nSPS) is 13.5. The van der Waals surface area contributed by atoms with Crippen molar-refractivity contribution in [2.24, 2.45) is 7.05 Å². The number of halogens is 1. The molecule has 0 amide bonds. The second-order valence-corrected chi connectivity index (χ2v) is 3.77. The summed E-state index contributed by atoms with van der Waals surface area (Å²) in [6.45, 7) is 2.06. The standard InChI is InChI=1S/C5H9BrN4/c1-4(6)3-5-7-8-9-10(5)2/h4H,3H2,1-2H3.